The largest absolute Gasteiger partial charge is 0.496 e. The number of hydrogen-bond acceptors (Lipinski definition) is 4. The number of methoxy groups -OCH3 is 1. The third kappa shape index (κ3) is 4.01. The molecule has 1 unspecified atom stereocenters. The van der Waals surface area contributed by atoms with Gasteiger partial charge in [-0.05, 0) is 37.1 Å². The van der Waals surface area contributed by atoms with E-state index in [-0.39, 0.29) is 17.9 Å². The topological polar surface area (TPSA) is 84.7 Å². The van der Waals surface area contributed by atoms with E-state index in [0.717, 1.165) is 24.2 Å². The van der Waals surface area contributed by atoms with E-state index >= 15 is 0 Å². The zero-order chi connectivity index (χ0) is 19.6. The van der Waals surface area contributed by atoms with Crippen molar-refractivity contribution < 1.29 is 14.3 Å². The molecule has 0 aromatic heterocycles. The zero-order valence-electron chi connectivity index (χ0n) is 15.3. The van der Waals surface area contributed by atoms with Crippen LogP contribution in [0.25, 0.3) is 0 Å². The molecule has 0 spiro atoms. The second-order valence-electron chi connectivity index (χ2n) is 6.51. The number of halogens is 1. The molecule has 1 heterocycles. The lowest BCUT2D eigenvalue weighted by molar-refractivity contribution is -0.117. The van der Waals surface area contributed by atoms with E-state index in [9.17, 15) is 9.59 Å². The van der Waals surface area contributed by atoms with Crippen molar-refractivity contribution in [3.63, 3.8) is 0 Å². The molecule has 6 nitrogen and oxygen atoms in total. The summed E-state index contributed by atoms with van der Waals surface area (Å²) < 4.78 is 5.24. The molecule has 0 aliphatic carbocycles. The summed E-state index contributed by atoms with van der Waals surface area (Å²) in [6.45, 7) is 2.61. The second kappa shape index (κ2) is 7.88. The molecule has 7 heteroatoms. The van der Waals surface area contributed by atoms with Gasteiger partial charge in [-0.2, -0.15) is 0 Å². The van der Waals surface area contributed by atoms with Crippen LogP contribution in [0.3, 0.4) is 0 Å². The van der Waals surface area contributed by atoms with Crippen LogP contribution in [-0.2, 0) is 4.79 Å². The molecule has 1 aliphatic heterocycles. The van der Waals surface area contributed by atoms with Gasteiger partial charge in [0.15, 0.2) is 0 Å². The van der Waals surface area contributed by atoms with Gasteiger partial charge in [0.1, 0.15) is 5.75 Å². The van der Waals surface area contributed by atoms with Gasteiger partial charge in [0.05, 0.1) is 29.4 Å². The van der Waals surface area contributed by atoms with Gasteiger partial charge in [-0.25, -0.2) is 0 Å². The quantitative estimate of drug-likeness (QED) is 0.768. The summed E-state index contributed by atoms with van der Waals surface area (Å²) in [6.07, 6.45) is 1.45. The van der Waals surface area contributed by atoms with Crippen LogP contribution in [0.15, 0.2) is 36.4 Å². The monoisotopic (exact) mass is 387 g/mol. The lowest BCUT2D eigenvalue weighted by Crippen LogP contribution is -2.28. The van der Waals surface area contributed by atoms with Crippen molar-refractivity contribution in [1.82, 2.24) is 5.32 Å². The fourth-order valence-corrected chi connectivity index (χ4v) is 3.32. The summed E-state index contributed by atoms with van der Waals surface area (Å²) in [5.74, 6) is 0.173. The number of hydrogen-bond donors (Lipinski definition) is 2. The first-order valence-corrected chi connectivity index (χ1v) is 9.12. The predicted molar refractivity (Wildman–Crippen MR) is 106 cm³/mol. The van der Waals surface area contributed by atoms with E-state index in [0.29, 0.717) is 28.4 Å². The number of benzene rings is 2. The highest BCUT2D eigenvalue weighted by Crippen LogP contribution is 2.30. The number of rotatable bonds is 5. The molecule has 3 rings (SSSR count). The molecule has 2 aromatic carbocycles. The van der Waals surface area contributed by atoms with Crippen LogP contribution in [0.1, 0.15) is 41.7 Å². The Bertz CT molecular complexity index is 885. The van der Waals surface area contributed by atoms with Gasteiger partial charge in [-0.1, -0.05) is 23.7 Å². The minimum atomic E-state index is -0.316. The highest BCUT2D eigenvalue weighted by molar-refractivity contribution is 6.33. The Labute approximate surface area is 163 Å². The Balaban J connectivity index is 1.79. The smallest absolute Gasteiger partial charge is 0.255 e. The molecule has 0 bridgehead atoms. The number of anilines is 2. The van der Waals surface area contributed by atoms with E-state index in [2.05, 4.69) is 5.32 Å². The van der Waals surface area contributed by atoms with Crippen LogP contribution < -0.4 is 20.7 Å². The van der Waals surface area contributed by atoms with Crippen molar-refractivity contribution in [3.05, 3.63) is 52.5 Å². The zero-order valence-corrected chi connectivity index (χ0v) is 16.0. The number of amides is 2. The SMILES string of the molecule is COc1cc(N)c(Cl)cc1C(=O)NC(C)c1cccc(N2CCCC2=O)c1. The van der Waals surface area contributed by atoms with Gasteiger partial charge in [0.2, 0.25) is 5.91 Å². The van der Waals surface area contributed by atoms with Gasteiger partial charge >= 0.3 is 0 Å². The Morgan fingerprint density at radius 1 is 1.33 bits per heavy atom. The predicted octanol–water partition coefficient (Wildman–Crippen LogP) is 3.55. The van der Waals surface area contributed by atoms with E-state index in [1.807, 2.05) is 31.2 Å². The Morgan fingerprint density at radius 3 is 2.78 bits per heavy atom. The molecule has 2 amide bonds. The number of ether oxygens (including phenoxy) is 1. The van der Waals surface area contributed by atoms with Crippen LogP contribution in [0.4, 0.5) is 11.4 Å². The molecule has 3 N–H and O–H groups in total. The third-order valence-electron chi connectivity index (χ3n) is 4.67. The van der Waals surface area contributed by atoms with Crippen molar-refractivity contribution in [2.75, 3.05) is 24.3 Å². The van der Waals surface area contributed by atoms with Crippen molar-refractivity contribution in [3.8, 4) is 5.75 Å². The summed E-state index contributed by atoms with van der Waals surface area (Å²) in [7, 11) is 1.47. The normalized spacial score (nSPS) is 14.9. The maximum atomic E-state index is 12.7. The van der Waals surface area contributed by atoms with Gasteiger partial charge in [-0.15, -0.1) is 0 Å². The Hall–Kier alpha value is -2.73. The van der Waals surface area contributed by atoms with Crippen molar-refractivity contribution in [2.24, 2.45) is 0 Å². The van der Waals surface area contributed by atoms with Crippen molar-refractivity contribution in [1.29, 1.82) is 0 Å². The molecular weight excluding hydrogens is 366 g/mol. The molecule has 2 aromatic rings. The summed E-state index contributed by atoms with van der Waals surface area (Å²) in [5.41, 5.74) is 8.19. The van der Waals surface area contributed by atoms with Crippen molar-refractivity contribution >= 4 is 34.8 Å². The lowest BCUT2D eigenvalue weighted by atomic mass is 10.1. The Kier molecular flexibility index (Phi) is 5.56. The molecule has 1 atom stereocenters. The Morgan fingerprint density at radius 2 is 2.11 bits per heavy atom. The number of nitrogens with one attached hydrogen (secondary N) is 1. The molecular formula is C20H22ClN3O3. The summed E-state index contributed by atoms with van der Waals surface area (Å²) in [6, 6.07) is 10.4. The van der Waals surface area contributed by atoms with Gasteiger partial charge < -0.3 is 20.7 Å². The van der Waals surface area contributed by atoms with E-state index in [4.69, 9.17) is 22.1 Å². The average Bonchev–Trinajstić information content (AvgIpc) is 3.09. The molecule has 1 aliphatic rings. The number of carbonyl (C=O) groups is 2. The third-order valence-corrected chi connectivity index (χ3v) is 4.99. The number of nitrogen functional groups attached to an aromatic ring is 1. The minimum absolute atomic E-state index is 0.130. The molecule has 27 heavy (non-hydrogen) atoms. The summed E-state index contributed by atoms with van der Waals surface area (Å²) >= 11 is 6.05. The molecule has 142 valence electrons. The highest BCUT2D eigenvalue weighted by Gasteiger charge is 2.23. The van der Waals surface area contributed by atoms with Crippen LogP contribution >= 0.6 is 11.6 Å². The fourth-order valence-electron chi connectivity index (χ4n) is 3.16. The maximum Gasteiger partial charge on any atom is 0.255 e. The van der Waals surface area contributed by atoms with Gasteiger partial charge in [0.25, 0.3) is 5.91 Å². The maximum absolute atomic E-state index is 12.7. The highest BCUT2D eigenvalue weighted by atomic mass is 35.5. The van der Waals surface area contributed by atoms with Crippen molar-refractivity contribution in [2.45, 2.75) is 25.8 Å². The van der Waals surface area contributed by atoms with Crippen LogP contribution in [-0.4, -0.2) is 25.5 Å². The first kappa shape index (κ1) is 19.0. The fraction of sp³-hybridized carbons (Fsp3) is 0.300. The van der Waals surface area contributed by atoms with Crippen LogP contribution in [0.2, 0.25) is 5.02 Å². The molecule has 1 fully saturated rings. The molecule has 1 saturated heterocycles. The number of nitrogens with zero attached hydrogens (tertiary/aromatic N) is 1. The first-order valence-electron chi connectivity index (χ1n) is 8.75. The standard InChI is InChI=1S/C20H22ClN3O3/c1-12(13-5-3-6-14(9-13)24-8-4-7-19(24)25)23-20(26)15-10-16(21)17(22)11-18(15)27-2/h3,5-6,9-12H,4,7-8,22H2,1-2H3,(H,23,26). The second-order valence-corrected chi connectivity index (χ2v) is 6.92. The summed E-state index contributed by atoms with van der Waals surface area (Å²) in [5, 5.41) is 3.24. The van der Waals surface area contributed by atoms with Crippen LogP contribution in [0.5, 0.6) is 5.75 Å². The first-order chi connectivity index (χ1) is 12.9. The molecule has 0 saturated carbocycles. The van der Waals surface area contributed by atoms with E-state index in [1.54, 1.807) is 4.90 Å². The van der Waals surface area contributed by atoms with Gasteiger partial charge in [-0.3, -0.25) is 9.59 Å². The number of carbonyl (C=O) groups excluding carboxylic acids is 2. The average molecular weight is 388 g/mol. The number of nitrogens with two attached hydrogens (primary N) is 1. The molecule has 0 radical (unpaired) electrons. The van der Waals surface area contributed by atoms with E-state index in [1.165, 1.54) is 19.2 Å². The summed E-state index contributed by atoms with van der Waals surface area (Å²) in [4.78, 5) is 26.5. The lowest BCUT2D eigenvalue weighted by Gasteiger charge is -2.20. The van der Waals surface area contributed by atoms with E-state index < -0.39 is 0 Å². The van der Waals surface area contributed by atoms with Gasteiger partial charge in [0, 0.05) is 24.7 Å². The minimum Gasteiger partial charge on any atom is -0.496 e. The van der Waals surface area contributed by atoms with Crippen LogP contribution in [0, 0.1) is 0 Å².